The Kier molecular flexibility index (Phi) is 4.46. The molecule has 29 heavy (non-hydrogen) atoms. The van der Waals surface area contributed by atoms with Gasteiger partial charge in [-0.3, -0.25) is 9.78 Å². The Labute approximate surface area is 168 Å². The summed E-state index contributed by atoms with van der Waals surface area (Å²) in [6.45, 7) is 0.734. The number of nitrogens with one attached hydrogen (secondary N) is 2. The number of anilines is 1. The zero-order chi connectivity index (χ0) is 19.6. The predicted molar refractivity (Wildman–Crippen MR) is 112 cm³/mol. The van der Waals surface area contributed by atoms with Crippen molar-refractivity contribution in [1.29, 1.82) is 0 Å². The summed E-state index contributed by atoms with van der Waals surface area (Å²) in [5.41, 5.74) is 5.88. The molecule has 4 aromatic rings. The van der Waals surface area contributed by atoms with E-state index in [1.54, 1.807) is 6.20 Å². The molecule has 0 aliphatic carbocycles. The van der Waals surface area contributed by atoms with Crippen molar-refractivity contribution in [3.8, 4) is 11.1 Å². The summed E-state index contributed by atoms with van der Waals surface area (Å²) in [5, 5.41) is 7.40. The highest BCUT2D eigenvalue weighted by Gasteiger charge is 2.28. The number of rotatable bonds is 3. The minimum atomic E-state index is -0.409. The van der Waals surface area contributed by atoms with Gasteiger partial charge in [-0.2, -0.15) is 0 Å². The molecule has 2 aromatic carbocycles. The van der Waals surface area contributed by atoms with Crippen molar-refractivity contribution < 1.29 is 4.79 Å². The summed E-state index contributed by atoms with van der Waals surface area (Å²) in [4.78, 5) is 25.7. The van der Waals surface area contributed by atoms with E-state index < -0.39 is 6.04 Å². The summed E-state index contributed by atoms with van der Waals surface area (Å²) in [5.74, 6) is -0.0735. The van der Waals surface area contributed by atoms with E-state index in [1.165, 1.54) is 11.9 Å². The van der Waals surface area contributed by atoms with Gasteiger partial charge in [0.2, 0.25) is 5.91 Å². The summed E-state index contributed by atoms with van der Waals surface area (Å²) in [7, 11) is 0. The number of carbonyl (C=O) groups excluding carboxylic acids is 1. The van der Waals surface area contributed by atoms with Gasteiger partial charge in [0.05, 0.1) is 5.52 Å². The molecule has 1 atom stereocenters. The first kappa shape index (κ1) is 17.5. The first-order valence-corrected chi connectivity index (χ1v) is 9.56. The molecule has 5 rings (SSSR count). The van der Waals surface area contributed by atoms with Gasteiger partial charge in [-0.25, -0.2) is 9.97 Å². The molecular formula is C23H19N5O. The van der Waals surface area contributed by atoms with Crippen molar-refractivity contribution in [1.82, 2.24) is 20.3 Å². The molecule has 1 amide bonds. The average molecular weight is 381 g/mol. The molecule has 0 spiro atoms. The molecule has 0 bridgehead atoms. The van der Waals surface area contributed by atoms with Crippen LogP contribution in [-0.2, 0) is 11.2 Å². The second-order valence-corrected chi connectivity index (χ2v) is 7.04. The topological polar surface area (TPSA) is 79.8 Å². The van der Waals surface area contributed by atoms with Gasteiger partial charge in [0.1, 0.15) is 12.4 Å². The molecule has 0 saturated carbocycles. The molecule has 142 valence electrons. The van der Waals surface area contributed by atoms with Crippen molar-refractivity contribution in [2.24, 2.45) is 0 Å². The SMILES string of the molecule is O=C(Nc1ccc2ncccc2c1)C1NCCc2c(-c3cncnc3)cccc21. The third-order valence-corrected chi connectivity index (χ3v) is 5.25. The maximum atomic E-state index is 13.1. The third kappa shape index (κ3) is 3.34. The lowest BCUT2D eigenvalue weighted by molar-refractivity contribution is -0.118. The zero-order valence-electron chi connectivity index (χ0n) is 15.7. The third-order valence-electron chi connectivity index (χ3n) is 5.25. The van der Waals surface area contributed by atoms with E-state index >= 15 is 0 Å². The van der Waals surface area contributed by atoms with Crippen LogP contribution in [-0.4, -0.2) is 27.4 Å². The van der Waals surface area contributed by atoms with Crippen molar-refractivity contribution in [3.05, 3.63) is 84.6 Å². The summed E-state index contributed by atoms with van der Waals surface area (Å²) in [6.07, 6.45) is 7.76. The Balaban J connectivity index is 1.46. The lowest BCUT2D eigenvalue weighted by atomic mass is 9.88. The van der Waals surface area contributed by atoms with Crippen LogP contribution in [0.4, 0.5) is 5.69 Å². The first-order valence-electron chi connectivity index (χ1n) is 9.56. The van der Waals surface area contributed by atoms with Gasteiger partial charge in [0.15, 0.2) is 0 Å². The number of amides is 1. The fraction of sp³-hybridized carbons (Fsp3) is 0.130. The molecule has 1 aliphatic heterocycles. The van der Waals surface area contributed by atoms with E-state index in [2.05, 4.69) is 31.7 Å². The van der Waals surface area contributed by atoms with Crippen LogP contribution in [0.2, 0.25) is 0 Å². The molecule has 1 aliphatic rings. The van der Waals surface area contributed by atoms with E-state index in [0.717, 1.165) is 46.2 Å². The van der Waals surface area contributed by atoms with Gasteiger partial charge in [0, 0.05) is 41.8 Å². The molecule has 0 fully saturated rings. The Morgan fingerprint density at radius 2 is 1.97 bits per heavy atom. The number of pyridine rings is 1. The van der Waals surface area contributed by atoms with Gasteiger partial charge in [-0.1, -0.05) is 24.3 Å². The van der Waals surface area contributed by atoms with Crippen molar-refractivity contribution >= 4 is 22.5 Å². The Bertz CT molecular complexity index is 1190. The molecule has 0 radical (unpaired) electrons. The summed E-state index contributed by atoms with van der Waals surface area (Å²) in [6, 6.07) is 15.3. The lowest BCUT2D eigenvalue weighted by Gasteiger charge is -2.28. The van der Waals surface area contributed by atoms with Crippen LogP contribution in [0.15, 0.2) is 73.4 Å². The number of nitrogens with zero attached hydrogens (tertiary/aromatic N) is 3. The molecule has 3 heterocycles. The zero-order valence-corrected chi connectivity index (χ0v) is 15.7. The monoisotopic (exact) mass is 381 g/mol. The Hall–Kier alpha value is -3.64. The van der Waals surface area contributed by atoms with Gasteiger partial charge < -0.3 is 10.6 Å². The second-order valence-electron chi connectivity index (χ2n) is 7.04. The fourth-order valence-corrected chi connectivity index (χ4v) is 3.92. The highest BCUT2D eigenvalue weighted by molar-refractivity contribution is 5.98. The van der Waals surface area contributed by atoms with Crippen LogP contribution in [0.3, 0.4) is 0 Å². The van der Waals surface area contributed by atoms with Crippen LogP contribution < -0.4 is 10.6 Å². The molecule has 2 aromatic heterocycles. The highest BCUT2D eigenvalue weighted by atomic mass is 16.2. The minimum Gasteiger partial charge on any atom is -0.324 e. The Morgan fingerprint density at radius 3 is 2.86 bits per heavy atom. The van der Waals surface area contributed by atoms with Crippen molar-refractivity contribution in [3.63, 3.8) is 0 Å². The number of fused-ring (bicyclic) bond motifs is 2. The number of hydrogen-bond acceptors (Lipinski definition) is 5. The standard InChI is InChI=1S/C23H19N5O/c29-23(28-17-6-7-21-15(11-17)3-2-9-26-21)22-20-5-1-4-18(19(20)8-10-27-22)16-12-24-14-25-13-16/h1-7,9,11-14,22,27H,8,10H2,(H,28,29). The van der Waals surface area contributed by atoms with E-state index in [-0.39, 0.29) is 5.91 Å². The molecule has 1 unspecified atom stereocenters. The summed E-state index contributed by atoms with van der Waals surface area (Å²) < 4.78 is 0. The number of hydrogen-bond donors (Lipinski definition) is 2. The van der Waals surface area contributed by atoms with Gasteiger partial charge in [0.25, 0.3) is 0 Å². The largest absolute Gasteiger partial charge is 0.324 e. The van der Waals surface area contributed by atoms with E-state index in [9.17, 15) is 4.79 Å². The van der Waals surface area contributed by atoms with Crippen molar-refractivity contribution in [2.75, 3.05) is 11.9 Å². The van der Waals surface area contributed by atoms with Gasteiger partial charge in [-0.15, -0.1) is 0 Å². The van der Waals surface area contributed by atoms with Gasteiger partial charge in [-0.05, 0) is 47.4 Å². The molecule has 6 heteroatoms. The van der Waals surface area contributed by atoms with Crippen LogP contribution in [0.25, 0.3) is 22.0 Å². The van der Waals surface area contributed by atoms with Crippen LogP contribution >= 0.6 is 0 Å². The van der Waals surface area contributed by atoms with Crippen LogP contribution in [0.5, 0.6) is 0 Å². The van der Waals surface area contributed by atoms with E-state index in [0.29, 0.717) is 0 Å². The molecular weight excluding hydrogens is 362 g/mol. The molecule has 6 nitrogen and oxygen atoms in total. The maximum Gasteiger partial charge on any atom is 0.246 e. The van der Waals surface area contributed by atoms with Gasteiger partial charge >= 0.3 is 0 Å². The molecule has 0 saturated heterocycles. The first-order chi connectivity index (χ1) is 14.3. The maximum absolute atomic E-state index is 13.1. The Morgan fingerprint density at radius 1 is 1.07 bits per heavy atom. The van der Waals surface area contributed by atoms with E-state index in [1.807, 2.05) is 54.9 Å². The lowest BCUT2D eigenvalue weighted by Crippen LogP contribution is -2.38. The van der Waals surface area contributed by atoms with E-state index in [4.69, 9.17) is 0 Å². The fourth-order valence-electron chi connectivity index (χ4n) is 3.92. The normalized spacial score (nSPS) is 15.7. The number of carbonyl (C=O) groups is 1. The molecule has 2 N–H and O–H groups in total. The smallest absolute Gasteiger partial charge is 0.246 e. The van der Waals surface area contributed by atoms with Crippen LogP contribution in [0, 0.1) is 0 Å². The van der Waals surface area contributed by atoms with Crippen LogP contribution in [0.1, 0.15) is 17.2 Å². The quantitative estimate of drug-likeness (QED) is 0.568. The minimum absolute atomic E-state index is 0.0735. The highest BCUT2D eigenvalue weighted by Crippen LogP contribution is 2.32. The van der Waals surface area contributed by atoms with Crippen molar-refractivity contribution in [2.45, 2.75) is 12.5 Å². The summed E-state index contributed by atoms with van der Waals surface area (Å²) >= 11 is 0. The number of benzene rings is 2. The average Bonchev–Trinajstić information content (AvgIpc) is 2.78. The predicted octanol–water partition coefficient (Wildman–Crippen LogP) is 3.52. The number of aromatic nitrogens is 3. The second kappa shape index (κ2) is 7.41.